The number of rotatable bonds is 4. The number of nitrogens with one attached hydrogen (secondary N) is 1. The third-order valence-corrected chi connectivity index (χ3v) is 4.05. The lowest BCUT2D eigenvalue weighted by molar-refractivity contribution is -0.157. The fourth-order valence-corrected chi connectivity index (χ4v) is 2.43. The van der Waals surface area contributed by atoms with Crippen molar-refractivity contribution >= 4 is 11.8 Å². The van der Waals surface area contributed by atoms with E-state index in [2.05, 4.69) is 15.4 Å². The molecule has 1 aromatic heterocycles. The molecule has 0 radical (unpaired) electrons. The average Bonchev–Trinajstić information content (AvgIpc) is 2.88. The smallest absolute Gasteiger partial charge is 0.246 e. The second kappa shape index (κ2) is 5.22. The first-order valence-corrected chi connectivity index (χ1v) is 6.93. The summed E-state index contributed by atoms with van der Waals surface area (Å²) in [6.07, 6.45) is 2.03. The summed E-state index contributed by atoms with van der Waals surface area (Å²) in [7, 11) is 0. The van der Waals surface area contributed by atoms with Gasteiger partial charge in [0.2, 0.25) is 11.8 Å². The molecule has 1 aromatic rings. The minimum Gasteiger partial charge on any atom is -0.343 e. The van der Waals surface area contributed by atoms with Crippen molar-refractivity contribution in [1.82, 2.24) is 25.0 Å². The van der Waals surface area contributed by atoms with Crippen LogP contribution in [0.25, 0.3) is 0 Å². The lowest BCUT2D eigenvalue weighted by Crippen LogP contribution is -2.68. The molecule has 1 N–H and O–H groups in total. The maximum atomic E-state index is 12.4. The minimum absolute atomic E-state index is 0.0837. The number of piperazine rings is 1. The molecule has 2 rings (SSSR count). The van der Waals surface area contributed by atoms with Gasteiger partial charge in [0.25, 0.3) is 0 Å². The van der Waals surface area contributed by atoms with Crippen LogP contribution in [-0.2, 0) is 22.7 Å². The molecular formula is C13H21N5O2. The fourth-order valence-electron chi connectivity index (χ4n) is 2.43. The Kier molecular flexibility index (Phi) is 3.78. The van der Waals surface area contributed by atoms with E-state index in [1.807, 2.05) is 13.8 Å². The van der Waals surface area contributed by atoms with Gasteiger partial charge in [0.05, 0.1) is 6.54 Å². The molecule has 110 valence electrons. The second-order valence-corrected chi connectivity index (χ2v) is 5.24. The molecule has 0 aliphatic carbocycles. The predicted molar refractivity (Wildman–Crippen MR) is 72.5 cm³/mol. The molecule has 1 aliphatic rings. The van der Waals surface area contributed by atoms with E-state index < -0.39 is 11.6 Å². The fraction of sp³-hybridized carbons (Fsp3) is 0.692. The Balaban J connectivity index is 2.34. The van der Waals surface area contributed by atoms with Crippen LogP contribution >= 0.6 is 0 Å². The zero-order valence-electron chi connectivity index (χ0n) is 12.4. The van der Waals surface area contributed by atoms with Gasteiger partial charge >= 0.3 is 0 Å². The number of aryl methyl sites for hydroxylation is 1. The molecule has 20 heavy (non-hydrogen) atoms. The lowest BCUT2D eigenvalue weighted by Gasteiger charge is -2.45. The average molecular weight is 279 g/mol. The summed E-state index contributed by atoms with van der Waals surface area (Å²) in [4.78, 5) is 30.5. The van der Waals surface area contributed by atoms with Crippen molar-refractivity contribution in [2.24, 2.45) is 0 Å². The Labute approximate surface area is 118 Å². The summed E-state index contributed by atoms with van der Waals surface area (Å²) >= 11 is 0. The van der Waals surface area contributed by atoms with E-state index in [4.69, 9.17) is 0 Å². The zero-order valence-corrected chi connectivity index (χ0v) is 12.4. The van der Waals surface area contributed by atoms with Gasteiger partial charge in [-0.25, -0.2) is 9.67 Å². The monoisotopic (exact) mass is 279 g/mol. The van der Waals surface area contributed by atoms with Crippen molar-refractivity contribution < 1.29 is 9.59 Å². The van der Waals surface area contributed by atoms with E-state index in [0.717, 1.165) is 0 Å². The number of aromatic nitrogens is 3. The van der Waals surface area contributed by atoms with E-state index >= 15 is 0 Å². The van der Waals surface area contributed by atoms with Crippen molar-refractivity contribution in [3.63, 3.8) is 0 Å². The van der Waals surface area contributed by atoms with Crippen molar-refractivity contribution in [1.29, 1.82) is 0 Å². The molecule has 1 aliphatic heterocycles. The number of amides is 2. The zero-order chi connectivity index (χ0) is 14.9. The number of carbonyl (C=O) groups excluding carboxylic acids is 2. The van der Waals surface area contributed by atoms with Gasteiger partial charge in [0.15, 0.2) is 0 Å². The van der Waals surface area contributed by atoms with Crippen LogP contribution in [0.15, 0.2) is 6.33 Å². The van der Waals surface area contributed by atoms with Crippen LogP contribution in [0, 0.1) is 0 Å². The standard InChI is InChI=1S/C13H21N5O2/c1-5-13(4)12(20)16-9(3)11(19)17(13)7-10-14-8-15-18(10)6-2/h8-9H,5-7H2,1-4H3,(H,16,20). The maximum Gasteiger partial charge on any atom is 0.246 e. The van der Waals surface area contributed by atoms with Crippen LogP contribution in [0.4, 0.5) is 0 Å². The van der Waals surface area contributed by atoms with Crippen LogP contribution < -0.4 is 5.32 Å². The number of carbonyl (C=O) groups is 2. The molecule has 7 heteroatoms. The molecule has 0 bridgehead atoms. The summed E-state index contributed by atoms with van der Waals surface area (Å²) < 4.78 is 1.74. The van der Waals surface area contributed by atoms with Crippen LogP contribution in [0.5, 0.6) is 0 Å². The summed E-state index contributed by atoms with van der Waals surface area (Å²) in [6.45, 7) is 8.34. The summed E-state index contributed by atoms with van der Waals surface area (Å²) in [5.74, 6) is 0.497. The summed E-state index contributed by atoms with van der Waals surface area (Å²) in [5, 5.41) is 6.84. The highest BCUT2D eigenvalue weighted by Gasteiger charge is 2.47. The molecule has 2 unspecified atom stereocenters. The van der Waals surface area contributed by atoms with Gasteiger partial charge in [0, 0.05) is 6.54 Å². The van der Waals surface area contributed by atoms with Crippen molar-refractivity contribution in [2.45, 2.75) is 58.8 Å². The summed E-state index contributed by atoms with van der Waals surface area (Å²) in [5.41, 5.74) is -0.839. The van der Waals surface area contributed by atoms with Gasteiger partial charge in [0.1, 0.15) is 23.7 Å². The Morgan fingerprint density at radius 3 is 2.70 bits per heavy atom. The Morgan fingerprint density at radius 1 is 1.40 bits per heavy atom. The second-order valence-electron chi connectivity index (χ2n) is 5.24. The van der Waals surface area contributed by atoms with Gasteiger partial charge in [-0.2, -0.15) is 5.10 Å². The third kappa shape index (κ3) is 2.17. The minimum atomic E-state index is -0.839. The van der Waals surface area contributed by atoms with Crippen molar-refractivity contribution in [3.8, 4) is 0 Å². The quantitative estimate of drug-likeness (QED) is 0.860. The molecule has 2 atom stereocenters. The van der Waals surface area contributed by atoms with E-state index in [1.54, 1.807) is 23.4 Å². The molecule has 2 amide bonds. The van der Waals surface area contributed by atoms with Gasteiger partial charge in [-0.05, 0) is 27.2 Å². The van der Waals surface area contributed by atoms with Gasteiger partial charge in [-0.15, -0.1) is 0 Å². The molecular weight excluding hydrogens is 258 g/mol. The largest absolute Gasteiger partial charge is 0.343 e. The van der Waals surface area contributed by atoms with Crippen LogP contribution in [0.2, 0.25) is 0 Å². The van der Waals surface area contributed by atoms with Crippen molar-refractivity contribution in [3.05, 3.63) is 12.2 Å². The van der Waals surface area contributed by atoms with E-state index in [-0.39, 0.29) is 11.8 Å². The number of hydrogen-bond donors (Lipinski definition) is 1. The molecule has 1 fully saturated rings. The van der Waals surface area contributed by atoms with Gasteiger partial charge in [-0.3, -0.25) is 9.59 Å². The van der Waals surface area contributed by atoms with Crippen LogP contribution in [-0.4, -0.2) is 43.1 Å². The highest BCUT2D eigenvalue weighted by Crippen LogP contribution is 2.26. The first kappa shape index (κ1) is 14.5. The first-order chi connectivity index (χ1) is 9.43. The van der Waals surface area contributed by atoms with Gasteiger partial charge < -0.3 is 10.2 Å². The van der Waals surface area contributed by atoms with Crippen LogP contribution in [0.3, 0.4) is 0 Å². The topological polar surface area (TPSA) is 80.1 Å². The third-order valence-electron chi connectivity index (χ3n) is 4.05. The Bertz CT molecular complexity index is 527. The number of hydrogen-bond acceptors (Lipinski definition) is 4. The summed E-state index contributed by atoms with van der Waals surface area (Å²) in [6, 6.07) is -0.500. The number of nitrogens with zero attached hydrogens (tertiary/aromatic N) is 4. The Hall–Kier alpha value is -1.92. The normalized spacial score (nSPS) is 26.8. The van der Waals surface area contributed by atoms with E-state index in [0.29, 0.717) is 25.3 Å². The maximum absolute atomic E-state index is 12.4. The Morgan fingerprint density at radius 2 is 2.10 bits per heavy atom. The first-order valence-electron chi connectivity index (χ1n) is 6.93. The van der Waals surface area contributed by atoms with E-state index in [1.165, 1.54) is 6.33 Å². The van der Waals surface area contributed by atoms with Crippen molar-refractivity contribution in [2.75, 3.05) is 0 Å². The molecule has 0 spiro atoms. The molecule has 2 heterocycles. The van der Waals surface area contributed by atoms with Gasteiger partial charge in [-0.1, -0.05) is 6.92 Å². The van der Waals surface area contributed by atoms with E-state index in [9.17, 15) is 9.59 Å². The molecule has 7 nitrogen and oxygen atoms in total. The van der Waals surface area contributed by atoms with Crippen LogP contribution in [0.1, 0.15) is 39.9 Å². The SMILES string of the molecule is CCn1ncnc1CN1C(=O)C(C)NC(=O)C1(C)CC. The lowest BCUT2D eigenvalue weighted by atomic mass is 9.91. The molecule has 0 saturated carbocycles. The highest BCUT2D eigenvalue weighted by atomic mass is 16.2. The molecule has 1 saturated heterocycles. The highest BCUT2D eigenvalue weighted by molar-refractivity contribution is 5.99. The predicted octanol–water partition coefficient (Wildman–Crippen LogP) is 0.314. The molecule has 0 aromatic carbocycles.